The van der Waals surface area contributed by atoms with Crippen LogP contribution in [0.25, 0.3) is 17.0 Å². The third kappa shape index (κ3) is 3.67. The number of benzene rings is 1. The Morgan fingerprint density at radius 3 is 2.74 bits per heavy atom. The van der Waals surface area contributed by atoms with Crippen LogP contribution in [0.1, 0.15) is 37.3 Å². The predicted molar refractivity (Wildman–Crippen MR) is 93.8 cm³/mol. The van der Waals surface area contributed by atoms with E-state index in [0.29, 0.717) is 6.54 Å². The Hall–Kier alpha value is -2.42. The summed E-state index contributed by atoms with van der Waals surface area (Å²) >= 11 is 0. The minimum atomic E-state index is -0.202. The number of hydrogen-bond acceptors (Lipinski definition) is 1. The Bertz CT molecular complexity index is 800. The number of aromatic nitrogens is 2. The van der Waals surface area contributed by atoms with E-state index in [1.54, 1.807) is 0 Å². The van der Waals surface area contributed by atoms with Crippen LogP contribution in [0.4, 0.5) is 4.39 Å². The highest BCUT2D eigenvalue weighted by molar-refractivity contribution is 5.88. The number of pyridine rings is 1. The summed E-state index contributed by atoms with van der Waals surface area (Å²) in [7, 11) is 0. The van der Waals surface area contributed by atoms with E-state index < -0.39 is 0 Å². The van der Waals surface area contributed by atoms with Gasteiger partial charge >= 0.3 is 0 Å². The van der Waals surface area contributed by atoms with Crippen molar-refractivity contribution in [3.8, 4) is 0 Å². The Morgan fingerprint density at radius 1 is 1.13 bits per heavy atom. The zero-order valence-electron chi connectivity index (χ0n) is 13.4. The summed E-state index contributed by atoms with van der Waals surface area (Å²) in [5, 5.41) is 1.20. The van der Waals surface area contributed by atoms with E-state index in [-0.39, 0.29) is 5.82 Å². The smallest absolute Gasteiger partial charge is 0.123 e. The second kappa shape index (κ2) is 7.23. The van der Waals surface area contributed by atoms with Gasteiger partial charge in [-0.05, 0) is 30.2 Å². The van der Waals surface area contributed by atoms with Gasteiger partial charge in [-0.2, -0.15) is 0 Å². The second-order valence-electron chi connectivity index (χ2n) is 5.78. The Morgan fingerprint density at radius 2 is 1.96 bits per heavy atom. The molecule has 118 valence electrons. The van der Waals surface area contributed by atoms with Gasteiger partial charge in [-0.3, -0.25) is 4.98 Å². The highest BCUT2D eigenvalue weighted by Crippen LogP contribution is 2.21. The van der Waals surface area contributed by atoms with Crippen LogP contribution < -0.4 is 0 Å². The first-order valence-electron chi connectivity index (χ1n) is 8.12. The van der Waals surface area contributed by atoms with E-state index in [9.17, 15) is 4.39 Å². The third-order valence-corrected chi connectivity index (χ3v) is 4.02. The van der Waals surface area contributed by atoms with Crippen molar-refractivity contribution in [3.63, 3.8) is 0 Å². The summed E-state index contributed by atoms with van der Waals surface area (Å²) < 4.78 is 15.2. The van der Waals surface area contributed by atoms with Crippen LogP contribution in [0.5, 0.6) is 0 Å². The molecule has 2 aromatic heterocycles. The van der Waals surface area contributed by atoms with Gasteiger partial charge in [0.1, 0.15) is 5.82 Å². The van der Waals surface area contributed by atoms with E-state index in [4.69, 9.17) is 0 Å². The Kier molecular flexibility index (Phi) is 4.86. The van der Waals surface area contributed by atoms with Crippen molar-refractivity contribution >= 4 is 17.0 Å². The predicted octanol–water partition coefficient (Wildman–Crippen LogP) is 5.43. The van der Waals surface area contributed by atoms with Crippen molar-refractivity contribution in [1.82, 2.24) is 9.55 Å². The highest BCUT2D eigenvalue weighted by atomic mass is 19.1. The number of fused-ring (bicyclic) bond motifs is 1. The number of allylic oxidation sites excluding steroid dienone is 1. The molecule has 0 spiro atoms. The normalized spacial score (nSPS) is 11.6. The Labute approximate surface area is 136 Å². The minimum absolute atomic E-state index is 0.202. The fourth-order valence-electron chi connectivity index (χ4n) is 2.72. The van der Waals surface area contributed by atoms with Crippen LogP contribution in [-0.4, -0.2) is 9.55 Å². The first kappa shape index (κ1) is 15.5. The molecule has 0 aliphatic rings. The van der Waals surface area contributed by atoms with Gasteiger partial charge in [0.15, 0.2) is 0 Å². The molecule has 2 heterocycles. The zero-order chi connectivity index (χ0) is 16.1. The van der Waals surface area contributed by atoms with E-state index in [0.717, 1.165) is 23.1 Å². The van der Waals surface area contributed by atoms with Crippen molar-refractivity contribution in [2.75, 3.05) is 0 Å². The molecule has 3 rings (SSSR count). The molecule has 0 bridgehead atoms. The lowest BCUT2D eigenvalue weighted by atomic mass is 10.1. The maximum atomic E-state index is 13.0. The lowest BCUT2D eigenvalue weighted by molar-refractivity contribution is 0.626. The topological polar surface area (TPSA) is 17.8 Å². The molecule has 0 amide bonds. The van der Waals surface area contributed by atoms with Gasteiger partial charge in [-0.25, -0.2) is 4.39 Å². The van der Waals surface area contributed by atoms with E-state index in [1.807, 2.05) is 24.5 Å². The number of nitrogens with zero attached hydrogens (tertiary/aromatic N) is 2. The van der Waals surface area contributed by atoms with Gasteiger partial charge in [-0.1, -0.05) is 44.1 Å². The summed E-state index contributed by atoms with van der Waals surface area (Å²) in [6.45, 7) is 2.92. The van der Waals surface area contributed by atoms with E-state index in [2.05, 4.69) is 40.9 Å². The monoisotopic (exact) mass is 308 g/mol. The molecule has 0 N–H and O–H groups in total. The maximum absolute atomic E-state index is 13.0. The molecule has 3 heteroatoms. The third-order valence-electron chi connectivity index (χ3n) is 4.02. The lowest BCUT2D eigenvalue weighted by Crippen LogP contribution is -1.98. The summed E-state index contributed by atoms with van der Waals surface area (Å²) in [5.74, 6) is -0.202. The van der Waals surface area contributed by atoms with Gasteiger partial charge in [0.25, 0.3) is 0 Å². The summed E-state index contributed by atoms with van der Waals surface area (Å²) in [4.78, 5) is 4.37. The molecular formula is C20H21FN2. The number of unbranched alkanes of at least 4 members (excludes halogenated alkanes) is 2. The molecule has 3 aromatic rings. The number of hydrogen-bond donors (Lipinski definition) is 0. The van der Waals surface area contributed by atoms with Gasteiger partial charge in [0.05, 0.1) is 11.7 Å². The molecule has 2 nitrogen and oxygen atoms in total. The first-order valence-corrected chi connectivity index (χ1v) is 8.12. The highest BCUT2D eigenvalue weighted by Gasteiger charge is 2.05. The molecule has 1 aromatic carbocycles. The zero-order valence-corrected chi connectivity index (χ0v) is 13.4. The second-order valence-corrected chi connectivity index (χ2v) is 5.78. The molecule has 0 aliphatic carbocycles. The molecule has 0 saturated heterocycles. The Balaban J connectivity index is 1.85. The number of halogens is 1. The lowest BCUT2D eigenvalue weighted by Gasteiger charge is -2.06. The summed E-state index contributed by atoms with van der Waals surface area (Å²) in [5.41, 5.74) is 3.33. The van der Waals surface area contributed by atoms with Crippen molar-refractivity contribution < 1.29 is 4.39 Å². The molecule has 0 unspecified atom stereocenters. The van der Waals surface area contributed by atoms with Crippen LogP contribution in [0.3, 0.4) is 0 Å². The van der Waals surface area contributed by atoms with Crippen molar-refractivity contribution in [2.24, 2.45) is 0 Å². The van der Waals surface area contributed by atoms with E-state index in [1.165, 1.54) is 30.4 Å². The average molecular weight is 308 g/mol. The van der Waals surface area contributed by atoms with Crippen LogP contribution in [-0.2, 0) is 6.54 Å². The van der Waals surface area contributed by atoms with Gasteiger partial charge in [0, 0.05) is 29.9 Å². The molecule has 0 atom stereocenters. The largest absolute Gasteiger partial charge is 0.342 e. The quantitative estimate of drug-likeness (QED) is 0.555. The van der Waals surface area contributed by atoms with Crippen molar-refractivity contribution in [2.45, 2.75) is 32.7 Å². The SMILES string of the molecule is CCCC/C=C/c1cncc2c1ccn2Cc1ccc(F)cc1. The standard InChI is InChI=1S/C20H21FN2/c1-2-3-4-5-6-17-13-22-14-20-19(17)11-12-23(20)15-16-7-9-18(21)10-8-16/h5-14H,2-4,15H2,1H3/b6-5+. The van der Waals surface area contributed by atoms with E-state index >= 15 is 0 Å². The molecule has 23 heavy (non-hydrogen) atoms. The molecular weight excluding hydrogens is 287 g/mol. The molecule has 0 fully saturated rings. The van der Waals surface area contributed by atoms with Crippen LogP contribution in [0, 0.1) is 5.82 Å². The summed E-state index contributed by atoms with van der Waals surface area (Å²) in [6.07, 6.45) is 13.8. The van der Waals surface area contributed by atoms with Crippen LogP contribution in [0.15, 0.2) is 55.0 Å². The van der Waals surface area contributed by atoms with Gasteiger partial charge < -0.3 is 4.57 Å². The fourth-order valence-corrected chi connectivity index (χ4v) is 2.72. The maximum Gasteiger partial charge on any atom is 0.123 e. The summed E-state index contributed by atoms with van der Waals surface area (Å²) in [6, 6.07) is 8.77. The fraction of sp³-hybridized carbons (Fsp3) is 0.250. The first-order chi connectivity index (χ1) is 11.3. The van der Waals surface area contributed by atoms with Gasteiger partial charge in [0.2, 0.25) is 0 Å². The van der Waals surface area contributed by atoms with Crippen LogP contribution in [0.2, 0.25) is 0 Å². The molecule has 0 saturated carbocycles. The van der Waals surface area contributed by atoms with Crippen LogP contribution >= 0.6 is 0 Å². The minimum Gasteiger partial charge on any atom is -0.342 e. The molecule has 0 aliphatic heterocycles. The van der Waals surface area contributed by atoms with Crippen molar-refractivity contribution in [1.29, 1.82) is 0 Å². The van der Waals surface area contributed by atoms with Crippen molar-refractivity contribution in [3.05, 3.63) is 71.9 Å². The number of rotatable bonds is 6. The average Bonchev–Trinajstić information content (AvgIpc) is 2.98. The molecule has 0 radical (unpaired) electrons. The van der Waals surface area contributed by atoms with Gasteiger partial charge in [-0.15, -0.1) is 0 Å².